The van der Waals surface area contributed by atoms with Gasteiger partial charge in [0.25, 0.3) is 0 Å². The number of methoxy groups -OCH3 is 1. The van der Waals surface area contributed by atoms with Crippen LogP contribution in [0.4, 0.5) is 4.39 Å². The lowest BCUT2D eigenvalue weighted by Crippen LogP contribution is -1.89. The molecule has 2 rings (SSSR count). The Balaban J connectivity index is 2.54. The first-order chi connectivity index (χ1) is 8.65. The highest BCUT2D eigenvalue weighted by Gasteiger charge is 2.09. The Morgan fingerprint density at radius 1 is 1.22 bits per heavy atom. The van der Waals surface area contributed by atoms with Crippen LogP contribution in [0.3, 0.4) is 0 Å². The topological polar surface area (TPSA) is 26.3 Å². The van der Waals surface area contributed by atoms with Crippen LogP contribution in [0.2, 0.25) is 5.02 Å². The van der Waals surface area contributed by atoms with Gasteiger partial charge in [-0.3, -0.25) is 4.79 Å². The first-order valence-electron chi connectivity index (χ1n) is 5.24. The third kappa shape index (κ3) is 2.36. The average Bonchev–Trinajstić information content (AvgIpc) is 2.39. The molecule has 2 aromatic carbocycles. The van der Waals surface area contributed by atoms with E-state index in [1.807, 2.05) is 0 Å². The van der Waals surface area contributed by atoms with Gasteiger partial charge in [-0.25, -0.2) is 4.39 Å². The fraction of sp³-hybridized carbons (Fsp3) is 0.0714. The molecule has 0 atom stereocenters. The van der Waals surface area contributed by atoms with Crippen LogP contribution in [-0.4, -0.2) is 13.4 Å². The number of aldehydes is 1. The molecule has 0 unspecified atom stereocenters. The smallest absolute Gasteiger partial charge is 0.150 e. The molecule has 0 saturated heterocycles. The molecule has 2 aromatic rings. The van der Waals surface area contributed by atoms with Crippen molar-refractivity contribution in [3.63, 3.8) is 0 Å². The molecule has 0 N–H and O–H groups in total. The van der Waals surface area contributed by atoms with Gasteiger partial charge in [0.05, 0.1) is 12.1 Å². The lowest BCUT2D eigenvalue weighted by molar-refractivity contribution is 0.112. The summed E-state index contributed by atoms with van der Waals surface area (Å²) in [5, 5.41) is 0.394. The Morgan fingerprint density at radius 2 is 2.00 bits per heavy atom. The third-order valence-corrected chi connectivity index (χ3v) is 2.88. The van der Waals surface area contributed by atoms with Crippen molar-refractivity contribution in [2.45, 2.75) is 0 Å². The minimum absolute atomic E-state index is 0.337. The van der Waals surface area contributed by atoms with E-state index in [-0.39, 0.29) is 0 Å². The van der Waals surface area contributed by atoms with Gasteiger partial charge < -0.3 is 4.74 Å². The van der Waals surface area contributed by atoms with Gasteiger partial charge in [-0.05, 0) is 35.9 Å². The van der Waals surface area contributed by atoms with Gasteiger partial charge in [-0.2, -0.15) is 0 Å². The van der Waals surface area contributed by atoms with Crippen LogP contribution in [0.15, 0.2) is 36.4 Å². The maximum absolute atomic E-state index is 13.7. The highest BCUT2D eigenvalue weighted by Crippen LogP contribution is 2.31. The van der Waals surface area contributed by atoms with Gasteiger partial charge in [0.15, 0.2) is 0 Å². The molecule has 0 aliphatic rings. The van der Waals surface area contributed by atoms with Gasteiger partial charge in [0, 0.05) is 11.1 Å². The molecule has 2 nitrogen and oxygen atoms in total. The van der Waals surface area contributed by atoms with Crippen LogP contribution in [-0.2, 0) is 0 Å². The molecule has 92 valence electrons. The van der Waals surface area contributed by atoms with Crippen LogP contribution in [0.5, 0.6) is 5.75 Å². The first kappa shape index (κ1) is 12.6. The van der Waals surface area contributed by atoms with E-state index in [1.165, 1.54) is 25.3 Å². The van der Waals surface area contributed by atoms with Crippen LogP contribution in [0.1, 0.15) is 10.4 Å². The van der Waals surface area contributed by atoms with Crippen molar-refractivity contribution >= 4 is 17.9 Å². The summed E-state index contributed by atoms with van der Waals surface area (Å²) in [6.07, 6.45) is 0.675. The van der Waals surface area contributed by atoms with Crippen LogP contribution in [0.25, 0.3) is 11.1 Å². The minimum atomic E-state index is -0.401. The first-order valence-corrected chi connectivity index (χ1v) is 5.62. The van der Waals surface area contributed by atoms with Crippen molar-refractivity contribution in [1.29, 1.82) is 0 Å². The Morgan fingerprint density at radius 3 is 2.61 bits per heavy atom. The fourth-order valence-electron chi connectivity index (χ4n) is 1.67. The largest absolute Gasteiger partial charge is 0.495 e. The maximum atomic E-state index is 13.7. The Hall–Kier alpha value is -1.87. The third-order valence-electron chi connectivity index (χ3n) is 2.59. The molecule has 0 aliphatic heterocycles. The van der Waals surface area contributed by atoms with Gasteiger partial charge in [-0.15, -0.1) is 0 Å². The van der Waals surface area contributed by atoms with Crippen molar-refractivity contribution in [3.05, 3.63) is 52.8 Å². The lowest BCUT2D eigenvalue weighted by Gasteiger charge is -2.07. The molecule has 18 heavy (non-hydrogen) atoms. The van der Waals surface area contributed by atoms with Crippen molar-refractivity contribution in [1.82, 2.24) is 0 Å². The second-order valence-corrected chi connectivity index (χ2v) is 4.11. The number of halogens is 2. The summed E-state index contributed by atoms with van der Waals surface area (Å²) in [5.74, 6) is 0.120. The van der Waals surface area contributed by atoms with Crippen molar-refractivity contribution in [3.8, 4) is 16.9 Å². The van der Waals surface area contributed by atoms with Crippen LogP contribution < -0.4 is 4.74 Å². The second kappa shape index (κ2) is 5.19. The number of hydrogen-bond donors (Lipinski definition) is 0. The zero-order valence-corrected chi connectivity index (χ0v) is 10.4. The molecule has 0 heterocycles. The van der Waals surface area contributed by atoms with E-state index in [1.54, 1.807) is 18.2 Å². The summed E-state index contributed by atoms with van der Waals surface area (Å²) in [6, 6.07) is 9.13. The van der Waals surface area contributed by atoms with E-state index in [9.17, 15) is 9.18 Å². The maximum Gasteiger partial charge on any atom is 0.150 e. The SMILES string of the molecule is COc1ccc(-c2cc(C=O)ccc2F)cc1Cl. The minimum Gasteiger partial charge on any atom is -0.495 e. The monoisotopic (exact) mass is 264 g/mol. The van der Waals surface area contributed by atoms with E-state index < -0.39 is 5.82 Å². The fourth-order valence-corrected chi connectivity index (χ4v) is 1.93. The van der Waals surface area contributed by atoms with Crippen molar-refractivity contribution in [2.75, 3.05) is 7.11 Å². The summed E-state index contributed by atoms with van der Waals surface area (Å²) < 4.78 is 18.7. The molecule has 0 radical (unpaired) electrons. The molecule has 0 aliphatic carbocycles. The van der Waals surface area contributed by atoms with Gasteiger partial charge in [0.1, 0.15) is 17.9 Å². The molecule has 4 heteroatoms. The predicted molar refractivity (Wildman–Crippen MR) is 68.8 cm³/mol. The Labute approximate surface area is 109 Å². The molecular formula is C14H10ClFO2. The summed E-state index contributed by atoms with van der Waals surface area (Å²) in [5.41, 5.74) is 1.35. The highest BCUT2D eigenvalue weighted by atomic mass is 35.5. The van der Waals surface area contributed by atoms with E-state index in [0.29, 0.717) is 33.7 Å². The molecule has 0 fully saturated rings. The normalized spacial score (nSPS) is 10.2. The summed E-state index contributed by atoms with van der Waals surface area (Å²) >= 11 is 5.99. The number of carbonyl (C=O) groups is 1. The molecule has 0 amide bonds. The molecule has 0 aromatic heterocycles. The zero-order chi connectivity index (χ0) is 13.1. The van der Waals surface area contributed by atoms with Crippen molar-refractivity contribution in [2.24, 2.45) is 0 Å². The van der Waals surface area contributed by atoms with Crippen LogP contribution >= 0.6 is 11.6 Å². The summed E-state index contributed by atoms with van der Waals surface area (Å²) in [6.45, 7) is 0. The van der Waals surface area contributed by atoms with Crippen LogP contribution in [0, 0.1) is 5.82 Å². The second-order valence-electron chi connectivity index (χ2n) is 3.71. The quantitative estimate of drug-likeness (QED) is 0.784. The van der Waals surface area contributed by atoms with E-state index >= 15 is 0 Å². The average molecular weight is 265 g/mol. The Kier molecular flexibility index (Phi) is 3.63. The molecular weight excluding hydrogens is 255 g/mol. The number of carbonyl (C=O) groups excluding carboxylic acids is 1. The van der Waals surface area contributed by atoms with Gasteiger partial charge in [0.2, 0.25) is 0 Å². The number of benzene rings is 2. The number of hydrogen-bond acceptors (Lipinski definition) is 2. The number of ether oxygens (including phenoxy) is 1. The molecule has 0 saturated carbocycles. The van der Waals surface area contributed by atoms with Gasteiger partial charge in [-0.1, -0.05) is 17.7 Å². The van der Waals surface area contributed by atoms with E-state index in [4.69, 9.17) is 16.3 Å². The molecule has 0 spiro atoms. The molecule has 0 bridgehead atoms. The summed E-state index contributed by atoms with van der Waals surface area (Å²) in [4.78, 5) is 10.7. The van der Waals surface area contributed by atoms with E-state index in [2.05, 4.69) is 0 Å². The predicted octanol–water partition coefficient (Wildman–Crippen LogP) is 3.97. The lowest BCUT2D eigenvalue weighted by atomic mass is 10.0. The number of rotatable bonds is 3. The van der Waals surface area contributed by atoms with Crippen molar-refractivity contribution < 1.29 is 13.9 Å². The Bertz CT molecular complexity index is 596. The summed E-state index contributed by atoms with van der Waals surface area (Å²) in [7, 11) is 1.51. The van der Waals surface area contributed by atoms with E-state index in [0.717, 1.165) is 0 Å². The zero-order valence-electron chi connectivity index (χ0n) is 9.61. The van der Waals surface area contributed by atoms with Gasteiger partial charge >= 0.3 is 0 Å². The standard InChI is InChI=1S/C14H10ClFO2/c1-18-14-5-3-10(7-12(14)15)11-6-9(8-17)2-4-13(11)16/h2-8H,1H3. The highest BCUT2D eigenvalue weighted by molar-refractivity contribution is 6.32.